The molecular formula is C28H21BrN2O3. The first-order valence-corrected chi connectivity index (χ1v) is 11.4. The molecule has 4 aromatic carbocycles. The van der Waals surface area contributed by atoms with Gasteiger partial charge in [-0.1, -0.05) is 70.0 Å². The number of amides is 2. The molecule has 0 radical (unpaired) electrons. The smallest absolute Gasteiger partial charge is 0.257 e. The monoisotopic (exact) mass is 512 g/mol. The number of nitrogens with one attached hydrogen (secondary N) is 2. The predicted octanol–water partition coefficient (Wildman–Crippen LogP) is 6.49. The number of benzene rings is 4. The predicted molar refractivity (Wildman–Crippen MR) is 138 cm³/mol. The van der Waals surface area contributed by atoms with Crippen LogP contribution in [-0.2, 0) is 0 Å². The highest BCUT2D eigenvalue weighted by Crippen LogP contribution is 2.24. The molecule has 4 aromatic rings. The zero-order chi connectivity index (χ0) is 24.1. The molecule has 4 rings (SSSR count). The van der Waals surface area contributed by atoms with Crippen LogP contribution in [0.1, 0.15) is 42.2 Å². The maximum Gasteiger partial charge on any atom is 0.257 e. The van der Waals surface area contributed by atoms with E-state index in [2.05, 4.69) is 26.6 Å². The van der Waals surface area contributed by atoms with Gasteiger partial charge in [0.2, 0.25) is 0 Å². The fraction of sp³-hybridized carbons (Fsp3) is 0.0357. The van der Waals surface area contributed by atoms with Crippen LogP contribution in [0.4, 0.5) is 11.4 Å². The average molecular weight is 513 g/mol. The molecule has 168 valence electrons. The molecule has 0 aliphatic rings. The molecule has 0 spiro atoms. The molecule has 34 heavy (non-hydrogen) atoms. The van der Waals surface area contributed by atoms with E-state index in [4.69, 9.17) is 0 Å². The van der Waals surface area contributed by atoms with Crippen molar-refractivity contribution in [2.45, 2.75) is 6.92 Å². The van der Waals surface area contributed by atoms with Crippen molar-refractivity contribution in [3.63, 3.8) is 0 Å². The van der Waals surface area contributed by atoms with Crippen LogP contribution in [0.15, 0.2) is 102 Å². The normalized spacial score (nSPS) is 10.4. The SMILES string of the molecule is Cc1ccc(NC(=O)c2ccccc2NC(=O)c2ccc(Br)cc2)c(C(=O)c2ccccc2)c1. The molecule has 0 saturated carbocycles. The zero-order valence-corrected chi connectivity index (χ0v) is 19.9. The van der Waals surface area contributed by atoms with Crippen molar-refractivity contribution in [1.82, 2.24) is 0 Å². The van der Waals surface area contributed by atoms with E-state index in [-0.39, 0.29) is 17.3 Å². The molecule has 5 nitrogen and oxygen atoms in total. The highest BCUT2D eigenvalue weighted by Gasteiger charge is 2.19. The van der Waals surface area contributed by atoms with Crippen molar-refractivity contribution < 1.29 is 14.4 Å². The number of halogens is 1. The lowest BCUT2D eigenvalue weighted by molar-refractivity contribution is 0.102. The summed E-state index contributed by atoms with van der Waals surface area (Å²) < 4.78 is 0.864. The van der Waals surface area contributed by atoms with Gasteiger partial charge in [0.15, 0.2) is 5.78 Å². The van der Waals surface area contributed by atoms with Crippen molar-refractivity contribution in [3.8, 4) is 0 Å². The maximum atomic E-state index is 13.2. The Labute approximate surface area is 206 Å². The quantitative estimate of drug-likeness (QED) is 0.289. The van der Waals surface area contributed by atoms with Crippen LogP contribution in [0.25, 0.3) is 0 Å². The first-order valence-electron chi connectivity index (χ1n) is 10.6. The fourth-order valence-electron chi connectivity index (χ4n) is 3.48. The van der Waals surface area contributed by atoms with E-state index in [1.807, 2.05) is 19.1 Å². The van der Waals surface area contributed by atoms with Crippen LogP contribution in [0.5, 0.6) is 0 Å². The molecule has 0 bridgehead atoms. The van der Waals surface area contributed by atoms with Gasteiger partial charge in [0.1, 0.15) is 0 Å². The minimum Gasteiger partial charge on any atom is -0.321 e. The van der Waals surface area contributed by atoms with E-state index >= 15 is 0 Å². The number of anilines is 2. The number of ketones is 1. The summed E-state index contributed by atoms with van der Waals surface area (Å²) in [6, 6.07) is 27.9. The summed E-state index contributed by atoms with van der Waals surface area (Å²) in [5, 5.41) is 5.65. The maximum absolute atomic E-state index is 13.2. The number of para-hydroxylation sites is 1. The molecule has 0 saturated heterocycles. The van der Waals surface area contributed by atoms with E-state index in [9.17, 15) is 14.4 Å². The summed E-state index contributed by atoms with van der Waals surface area (Å²) in [4.78, 5) is 39.0. The highest BCUT2D eigenvalue weighted by molar-refractivity contribution is 9.10. The van der Waals surface area contributed by atoms with Gasteiger partial charge < -0.3 is 10.6 Å². The van der Waals surface area contributed by atoms with Crippen LogP contribution >= 0.6 is 15.9 Å². The second kappa shape index (κ2) is 10.3. The minimum absolute atomic E-state index is 0.184. The molecule has 0 unspecified atom stereocenters. The third-order valence-corrected chi connectivity index (χ3v) is 5.76. The summed E-state index contributed by atoms with van der Waals surface area (Å²) in [5.41, 5.74) is 3.36. The van der Waals surface area contributed by atoms with E-state index in [0.717, 1.165) is 10.0 Å². The fourth-order valence-corrected chi connectivity index (χ4v) is 3.74. The molecular weight excluding hydrogens is 492 g/mol. The molecule has 0 heterocycles. The third-order valence-electron chi connectivity index (χ3n) is 5.23. The van der Waals surface area contributed by atoms with E-state index in [0.29, 0.717) is 28.1 Å². The van der Waals surface area contributed by atoms with Gasteiger partial charge in [-0.25, -0.2) is 0 Å². The van der Waals surface area contributed by atoms with Crippen molar-refractivity contribution in [2.24, 2.45) is 0 Å². The lowest BCUT2D eigenvalue weighted by Gasteiger charge is -2.14. The third kappa shape index (κ3) is 5.30. The first kappa shape index (κ1) is 23.1. The van der Waals surface area contributed by atoms with Crippen molar-refractivity contribution in [1.29, 1.82) is 0 Å². The molecule has 0 fully saturated rings. The first-order chi connectivity index (χ1) is 16.4. The van der Waals surface area contributed by atoms with E-state index < -0.39 is 5.91 Å². The number of carbonyl (C=O) groups is 3. The van der Waals surface area contributed by atoms with Crippen LogP contribution in [0.3, 0.4) is 0 Å². The summed E-state index contributed by atoms with van der Waals surface area (Å²) in [6.07, 6.45) is 0. The van der Waals surface area contributed by atoms with Crippen LogP contribution in [0.2, 0.25) is 0 Å². The Hall–Kier alpha value is -4.03. The molecule has 6 heteroatoms. The van der Waals surface area contributed by atoms with Gasteiger partial charge >= 0.3 is 0 Å². The lowest BCUT2D eigenvalue weighted by Crippen LogP contribution is -2.19. The minimum atomic E-state index is -0.433. The Morgan fingerprint density at radius 2 is 1.24 bits per heavy atom. The molecule has 0 aliphatic carbocycles. The van der Waals surface area contributed by atoms with Gasteiger partial charge in [-0.15, -0.1) is 0 Å². The Balaban J connectivity index is 1.60. The molecule has 2 amide bonds. The summed E-state index contributed by atoms with van der Waals surface area (Å²) >= 11 is 3.35. The number of rotatable bonds is 6. The topological polar surface area (TPSA) is 75.3 Å². The van der Waals surface area contributed by atoms with Gasteiger partial charge in [-0.2, -0.15) is 0 Å². The zero-order valence-electron chi connectivity index (χ0n) is 18.3. The standard InChI is InChI=1S/C28H21BrN2O3/c1-18-11-16-25(23(17-18)26(32)19-7-3-2-4-8-19)31-28(34)22-9-5-6-10-24(22)30-27(33)20-12-14-21(29)15-13-20/h2-17H,1H3,(H,30,33)(H,31,34). The van der Waals surface area contributed by atoms with Gasteiger partial charge in [0, 0.05) is 21.2 Å². The Kier molecular flexibility index (Phi) is 6.99. The molecule has 0 aromatic heterocycles. The highest BCUT2D eigenvalue weighted by atomic mass is 79.9. The second-order valence-corrected chi connectivity index (χ2v) is 8.62. The van der Waals surface area contributed by atoms with E-state index in [1.54, 1.807) is 84.9 Å². The van der Waals surface area contributed by atoms with Crippen LogP contribution < -0.4 is 10.6 Å². The number of hydrogen-bond donors (Lipinski definition) is 2. The molecule has 0 atom stereocenters. The number of hydrogen-bond acceptors (Lipinski definition) is 3. The second-order valence-electron chi connectivity index (χ2n) is 7.70. The lowest BCUT2D eigenvalue weighted by atomic mass is 9.99. The number of carbonyl (C=O) groups excluding carboxylic acids is 3. The largest absolute Gasteiger partial charge is 0.321 e. The Morgan fingerprint density at radius 1 is 0.618 bits per heavy atom. The van der Waals surface area contributed by atoms with Crippen LogP contribution in [-0.4, -0.2) is 17.6 Å². The molecule has 2 N–H and O–H groups in total. The summed E-state index contributed by atoms with van der Waals surface area (Å²) in [7, 11) is 0. The van der Waals surface area contributed by atoms with Crippen molar-refractivity contribution >= 4 is 44.9 Å². The number of aryl methyl sites for hydroxylation is 1. The molecule has 0 aliphatic heterocycles. The van der Waals surface area contributed by atoms with E-state index in [1.165, 1.54) is 0 Å². The van der Waals surface area contributed by atoms with Gasteiger partial charge in [-0.3, -0.25) is 14.4 Å². The van der Waals surface area contributed by atoms with Crippen LogP contribution in [0, 0.1) is 6.92 Å². The Bertz CT molecular complexity index is 1370. The van der Waals surface area contributed by atoms with Crippen molar-refractivity contribution in [2.75, 3.05) is 10.6 Å². The Morgan fingerprint density at radius 3 is 1.97 bits per heavy atom. The average Bonchev–Trinajstić information content (AvgIpc) is 2.86. The summed E-state index contributed by atoms with van der Waals surface area (Å²) in [5.74, 6) is -0.947. The van der Waals surface area contributed by atoms with Gasteiger partial charge in [-0.05, 0) is 55.5 Å². The van der Waals surface area contributed by atoms with Gasteiger partial charge in [0.25, 0.3) is 11.8 Å². The summed E-state index contributed by atoms with van der Waals surface area (Å²) in [6.45, 7) is 1.89. The van der Waals surface area contributed by atoms with Crippen molar-refractivity contribution in [3.05, 3.63) is 129 Å². The van der Waals surface area contributed by atoms with Gasteiger partial charge in [0.05, 0.1) is 16.9 Å².